The third-order valence-corrected chi connectivity index (χ3v) is 5.00. The van der Waals surface area contributed by atoms with Crippen LogP contribution in [0.5, 0.6) is 0 Å². The van der Waals surface area contributed by atoms with Crippen molar-refractivity contribution in [3.05, 3.63) is 51.5 Å². The van der Waals surface area contributed by atoms with Crippen molar-refractivity contribution in [1.29, 1.82) is 0 Å². The second kappa shape index (κ2) is 8.41. The quantitative estimate of drug-likeness (QED) is 0.219. The summed E-state index contributed by atoms with van der Waals surface area (Å²) in [5.41, 5.74) is 4.49. The zero-order chi connectivity index (χ0) is 19.6. The average Bonchev–Trinajstić information content (AvgIpc) is 3.42. The summed E-state index contributed by atoms with van der Waals surface area (Å²) < 4.78 is 16.8. The highest BCUT2D eigenvalue weighted by molar-refractivity contribution is 14.1. The van der Waals surface area contributed by atoms with E-state index < -0.39 is 0 Å². The van der Waals surface area contributed by atoms with Gasteiger partial charge in [-0.15, -0.1) is 0 Å². The van der Waals surface area contributed by atoms with E-state index in [4.69, 9.17) is 9.94 Å². The summed E-state index contributed by atoms with van der Waals surface area (Å²) in [5, 5.41) is 11.9. The van der Waals surface area contributed by atoms with E-state index in [1.54, 1.807) is 29.8 Å². The molecule has 0 unspecified atom stereocenters. The number of aliphatic hydroxyl groups is 1. The van der Waals surface area contributed by atoms with Crippen LogP contribution in [0.4, 0.5) is 15.9 Å². The Labute approximate surface area is 170 Å². The van der Waals surface area contributed by atoms with Crippen LogP contribution < -0.4 is 10.8 Å². The number of nitrogens with one attached hydrogen (secondary N) is 2. The van der Waals surface area contributed by atoms with Crippen molar-refractivity contribution < 1.29 is 19.1 Å². The summed E-state index contributed by atoms with van der Waals surface area (Å²) >= 11 is 2.04. The molecule has 0 aliphatic heterocycles. The third-order valence-electron chi connectivity index (χ3n) is 4.33. The molecule has 1 fully saturated rings. The molecule has 1 aliphatic carbocycles. The SMILES string of the molecule is C=C(NOCCO)c1cc(C(=O)C2CC2)n(C)c1Nc1ccc(I)cc1F. The Kier molecular flexibility index (Phi) is 6.18. The second-order valence-electron chi connectivity index (χ2n) is 6.39. The van der Waals surface area contributed by atoms with Crippen molar-refractivity contribution in [2.45, 2.75) is 12.8 Å². The number of nitrogens with zero attached hydrogens (tertiary/aromatic N) is 1. The fraction of sp³-hybridized carbons (Fsp3) is 0.316. The number of aliphatic hydroxyl groups excluding tert-OH is 1. The molecule has 0 saturated heterocycles. The monoisotopic (exact) mass is 485 g/mol. The Morgan fingerprint density at radius 3 is 2.81 bits per heavy atom. The summed E-state index contributed by atoms with van der Waals surface area (Å²) in [4.78, 5) is 17.7. The van der Waals surface area contributed by atoms with Crippen molar-refractivity contribution in [2.24, 2.45) is 13.0 Å². The van der Waals surface area contributed by atoms with Gasteiger partial charge in [0.25, 0.3) is 0 Å². The molecular formula is C19H21FIN3O3. The van der Waals surface area contributed by atoms with Crippen LogP contribution in [0, 0.1) is 15.3 Å². The van der Waals surface area contributed by atoms with Crippen molar-refractivity contribution in [3.8, 4) is 0 Å². The maximum absolute atomic E-state index is 14.3. The third kappa shape index (κ3) is 4.50. The first-order valence-corrected chi connectivity index (χ1v) is 9.64. The summed E-state index contributed by atoms with van der Waals surface area (Å²) in [5.74, 6) is 0.267. The number of hydrogen-bond donors (Lipinski definition) is 3. The molecule has 6 nitrogen and oxygen atoms in total. The topological polar surface area (TPSA) is 75.5 Å². The molecule has 1 aromatic heterocycles. The number of ketones is 1. The van der Waals surface area contributed by atoms with Crippen molar-refractivity contribution in [2.75, 3.05) is 18.5 Å². The maximum atomic E-state index is 14.3. The number of halogens is 2. The Bertz CT molecular complexity index is 877. The van der Waals surface area contributed by atoms with Crippen LogP contribution in [0.15, 0.2) is 30.8 Å². The van der Waals surface area contributed by atoms with Gasteiger partial charge in [0.05, 0.1) is 30.3 Å². The van der Waals surface area contributed by atoms with Gasteiger partial charge < -0.3 is 15.0 Å². The standard InChI is InChI=1S/C19H21FIN3O3/c1-11(23-27-8-7-25)14-10-17(18(26)12-3-4-12)24(2)19(14)22-16-6-5-13(21)9-15(16)20/h5-6,9-10,12,22-23,25H,1,3-4,7-8H2,2H3. The summed E-state index contributed by atoms with van der Waals surface area (Å²) in [6.07, 6.45) is 1.79. The lowest BCUT2D eigenvalue weighted by Crippen LogP contribution is -2.15. The Morgan fingerprint density at radius 1 is 1.44 bits per heavy atom. The molecule has 0 atom stereocenters. The van der Waals surface area contributed by atoms with Gasteiger partial charge in [0.1, 0.15) is 11.6 Å². The Hall–Kier alpha value is -1.91. The molecule has 1 heterocycles. The highest BCUT2D eigenvalue weighted by Crippen LogP contribution is 2.36. The number of carbonyl (C=O) groups excluding carboxylic acids is 1. The molecule has 3 N–H and O–H groups in total. The number of benzene rings is 1. The van der Waals surface area contributed by atoms with Gasteiger partial charge in [-0.25, -0.2) is 4.39 Å². The van der Waals surface area contributed by atoms with Gasteiger partial charge in [-0.3, -0.25) is 15.1 Å². The molecule has 27 heavy (non-hydrogen) atoms. The number of hydrogen-bond acceptors (Lipinski definition) is 5. The van der Waals surface area contributed by atoms with E-state index in [-0.39, 0.29) is 30.7 Å². The van der Waals surface area contributed by atoms with E-state index in [0.717, 1.165) is 16.4 Å². The molecule has 144 valence electrons. The molecule has 1 aliphatic rings. The molecule has 8 heteroatoms. The van der Waals surface area contributed by atoms with Crippen LogP contribution in [0.25, 0.3) is 5.70 Å². The van der Waals surface area contributed by atoms with E-state index in [2.05, 4.69) is 17.4 Å². The molecule has 0 radical (unpaired) electrons. The van der Waals surface area contributed by atoms with Crippen LogP contribution in [0.3, 0.4) is 0 Å². The van der Waals surface area contributed by atoms with E-state index in [1.165, 1.54) is 6.07 Å². The molecule has 3 rings (SSSR count). The fourth-order valence-electron chi connectivity index (χ4n) is 2.73. The van der Waals surface area contributed by atoms with Gasteiger partial charge in [-0.1, -0.05) is 6.58 Å². The molecular weight excluding hydrogens is 464 g/mol. The number of hydroxylamine groups is 1. The number of Topliss-reactive ketones (excluding diaryl/α,β-unsaturated/α-hetero) is 1. The zero-order valence-corrected chi connectivity index (χ0v) is 17.0. The number of anilines is 2. The van der Waals surface area contributed by atoms with Crippen molar-refractivity contribution in [1.82, 2.24) is 10.0 Å². The number of rotatable bonds is 9. The van der Waals surface area contributed by atoms with Crippen LogP contribution in [-0.2, 0) is 11.9 Å². The predicted octanol–water partition coefficient (Wildman–Crippen LogP) is 3.59. The summed E-state index contributed by atoms with van der Waals surface area (Å²) in [7, 11) is 1.76. The van der Waals surface area contributed by atoms with Gasteiger partial charge in [-0.2, -0.15) is 0 Å². The number of carbonyl (C=O) groups is 1. The average molecular weight is 485 g/mol. The van der Waals surface area contributed by atoms with Crippen LogP contribution in [0.2, 0.25) is 0 Å². The molecule has 0 amide bonds. The van der Waals surface area contributed by atoms with Gasteiger partial charge in [0.15, 0.2) is 5.78 Å². The molecule has 1 aromatic carbocycles. The lowest BCUT2D eigenvalue weighted by Gasteiger charge is -2.14. The minimum absolute atomic E-state index is 0.0567. The first kappa shape index (κ1) is 19.8. The van der Waals surface area contributed by atoms with Crippen LogP contribution in [0.1, 0.15) is 28.9 Å². The largest absolute Gasteiger partial charge is 0.394 e. The van der Waals surface area contributed by atoms with Gasteiger partial charge in [0, 0.05) is 22.1 Å². The van der Waals surface area contributed by atoms with Crippen molar-refractivity contribution >= 4 is 45.6 Å². The van der Waals surface area contributed by atoms with E-state index in [0.29, 0.717) is 28.5 Å². The summed E-state index contributed by atoms with van der Waals surface area (Å²) in [6, 6.07) is 6.60. The van der Waals surface area contributed by atoms with Crippen LogP contribution in [-0.4, -0.2) is 28.7 Å². The van der Waals surface area contributed by atoms with Crippen molar-refractivity contribution in [3.63, 3.8) is 0 Å². The van der Waals surface area contributed by atoms with Gasteiger partial charge in [-0.05, 0) is 59.7 Å². The minimum Gasteiger partial charge on any atom is -0.394 e. The smallest absolute Gasteiger partial charge is 0.182 e. The lowest BCUT2D eigenvalue weighted by molar-refractivity contribution is 0.0482. The van der Waals surface area contributed by atoms with Gasteiger partial charge >= 0.3 is 0 Å². The first-order chi connectivity index (χ1) is 12.9. The highest BCUT2D eigenvalue weighted by atomic mass is 127. The highest BCUT2D eigenvalue weighted by Gasteiger charge is 2.33. The maximum Gasteiger partial charge on any atom is 0.182 e. The normalized spacial score (nSPS) is 13.5. The predicted molar refractivity (Wildman–Crippen MR) is 110 cm³/mol. The Balaban J connectivity index is 1.95. The van der Waals surface area contributed by atoms with E-state index in [9.17, 15) is 9.18 Å². The summed E-state index contributed by atoms with van der Waals surface area (Å²) in [6.45, 7) is 3.88. The van der Waals surface area contributed by atoms with Crippen LogP contribution >= 0.6 is 22.6 Å². The van der Waals surface area contributed by atoms with E-state index >= 15 is 0 Å². The number of aromatic nitrogens is 1. The molecule has 2 aromatic rings. The fourth-order valence-corrected chi connectivity index (χ4v) is 3.19. The zero-order valence-electron chi connectivity index (χ0n) is 14.9. The molecule has 0 bridgehead atoms. The molecule has 1 saturated carbocycles. The Morgan fingerprint density at radius 2 is 2.19 bits per heavy atom. The molecule has 0 spiro atoms. The second-order valence-corrected chi connectivity index (χ2v) is 7.64. The van der Waals surface area contributed by atoms with Gasteiger partial charge in [0.2, 0.25) is 0 Å². The minimum atomic E-state index is -0.390. The lowest BCUT2D eigenvalue weighted by atomic mass is 10.1. The van der Waals surface area contributed by atoms with E-state index in [1.807, 2.05) is 22.6 Å². The first-order valence-electron chi connectivity index (χ1n) is 8.56.